The summed E-state index contributed by atoms with van der Waals surface area (Å²) in [5.74, 6) is 0.500. The Bertz CT molecular complexity index is 622. The van der Waals surface area contributed by atoms with E-state index in [4.69, 9.17) is 4.74 Å². The maximum absolute atomic E-state index is 12.7. The SMILES string of the molecule is COCCN(Cc1cnc(S(=O)(=O)C(C)C)n1CCC(C)C)C(C)C. The van der Waals surface area contributed by atoms with Crippen molar-refractivity contribution < 1.29 is 13.2 Å². The highest BCUT2D eigenvalue weighted by Gasteiger charge is 2.27. The molecule has 1 aromatic heterocycles. The molecule has 0 saturated heterocycles. The average Bonchev–Trinajstić information content (AvgIpc) is 2.92. The molecule has 0 N–H and O–H groups in total. The molecule has 0 saturated carbocycles. The third-order valence-electron chi connectivity index (χ3n) is 4.38. The summed E-state index contributed by atoms with van der Waals surface area (Å²) in [7, 11) is -1.71. The quantitative estimate of drug-likeness (QED) is 0.597. The van der Waals surface area contributed by atoms with E-state index in [2.05, 4.69) is 37.6 Å². The van der Waals surface area contributed by atoms with Gasteiger partial charge in [-0.15, -0.1) is 0 Å². The van der Waals surface area contributed by atoms with Gasteiger partial charge in [0.1, 0.15) is 0 Å². The van der Waals surface area contributed by atoms with Crippen molar-refractivity contribution in [3.63, 3.8) is 0 Å². The Labute approximate surface area is 153 Å². The van der Waals surface area contributed by atoms with E-state index in [0.29, 0.717) is 31.7 Å². The van der Waals surface area contributed by atoms with Crippen LogP contribution in [0.5, 0.6) is 0 Å². The second kappa shape index (κ2) is 9.69. The first-order chi connectivity index (χ1) is 11.6. The van der Waals surface area contributed by atoms with Crippen molar-refractivity contribution in [2.45, 2.75) is 77.5 Å². The molecule has 0 amide bonds. The van der Waals surface area contributed by atoms with Crippen LogP contribution in [0.3, 0.4) is 0 Å². The molecule has 0 aromatic carbocycles. The molecule has 1 aromatic rings. The Kier molecular flexibility index (Phi) is 8.57. The van der Waals surface area contributed by atoms with Gasteiger partial charge in [0.05, 0.1) is 23.7 Å². The fourth-order valence-corrected chi connectivity index (χ4v) is 3.66. The van der Waals surface area contributed by atoms with Crippen LogP contribution < -0.4 is 0 Å². The highest BCUT2D eigenvalue weighted by atomic mass is 32.2. The van der Waals surface area contributed by atoms with E-state index < -0.39 is 15.1 Å². The minimum Gasteiger partial charge on any atom is -0.383 e. The minimum absolute atomic E-state index is 0.202. The first-order valence-corrected chi connectivity index (χ1v) is 10.7. The zero-order valence-electron chi connectivity index (χ0n) is 16.8. The lowest BCUT2D eigenvalue weighted by molar-refractivity contribution is 0.123. The summed E-state index contributed by atoms with van der Waals surface area (Å²) in [6, 6.07) is 0.341. The van der Waals surface area contributed by atoms with Crippen LogP contribution >= 0.6 is 0 Å². The summed E-state index contributed by atoms with van der Waals surface area (Å²) >= 11 is 0. The number of hydrogen-bond donors (Lipinski definition) is 0. The zero-order valence-corrected chi connectivity index (χ0v) is 17.6. The molecule has 146 valence electrons. The Hall–Kier alpha value is -0.920. The molecule has 0 aliphatic heterocycles. The third kappa shape index (κ3) is 6.08. The second-order valence-electron chi connectivity index (χ2n) is 7.52. The molecule has 0 aliphatic rings. The van der Waals surface area contributed by atoms with Crippen molar-refractivity contribution in [3.8, 4) is 0 Å². The van der Waals surface area contributed by atoms with Gasteiger partial charge in [-0.25, -0.2) is 13.4 Å². The number of ether oxygens (including phenoxy) is 1. The molecule has 0 unspecified atom stereocenters. The topological polar surface area (TPSA) is 64.4 Å². The Morgan fingerprint density at radius 3 is 2.32 bits per heavy atom. The van der Waals surface area contributed by atoms with Gasteiger partial charge < -0.3 is 9.30 Å². The lowest BCUT2D eigenvalue weighted by atomic mass is 10.1. The molecule has 0 fully saturated rings. The van der Waals surface area contributed by atoms with Crippen molar-refractivity contribution in [2.24, 2.45) is 5.92 Å². The van der Waals surface area contributed by atoms with E-state index >= 15 is 0 Å². The molecule has 0 spiro atoms. The molecular formula is C18H35N3O3S. The normalized spacial score (nSPS) is 12.9. The highest BCUT2D eigenvalue weighted by Crippen LogP contribution is 2.20. The fraction of sp³-hybridized carbons (Fsp3) is 0.833. The van der Waals surface area contributed by atoms with Crippen molar-refractivity contribution in [2.75, 3.05) is 20.3 Å². The zero-order chi connectivity index (χ0) is 19.2. The van der Waals surface area contributed by atoms with Crippen LogP contribution in [0.15, 0.2) is 11.4 Å². The van der Waals surface area contributed by atoms with Crippen LogP contribution in [0.4, 0.5) is 0 Å². The summed E-state index contributed by atoms with van der Waals surface area (Å²) < 4.78 is 32.5. The van der Waals surface area contributed by atoms with Crippen molar-refractivity contribution in [1.29, 1.82) is 0 Å². The largest absolute Gasteiger partial charge is 0.383 e. The molecule has 25 heavy (non-hydrogen) atoms. The predicted octanol–water partition coefficient (Wildman–Crippen LogP) is 2.97. The predicted molar refractivity (Wildman–Crippen MR) is 101 cm³/mol. The smallest absolute Gasteiger partial charge is 0.228 e. The summed E-state index contributed by atoms with van der Waals surface area (Å²) in [5, 5.41) is -0.274. The molecule has 1 rings (SSSR count). The third-order valence-corrected chi connectivity index (χ3v) is 6.46. The molecule has 6 nitrogen and oxygen atoms in total. The molecule has 0 aliphatic carbocycles. The van der Waals surface area contributed by atoms with E-state index in [1.165, 1.54) is 0 Å². The van der Waals surface area contributed by atoms with Gasteiger partial charge in [0.15, 0.2) is 0 Å². The molecule has 7 heteroatoms. The van der Waals surface area contributed by atoms with Crippen LogP contribution in [0, 0.1) is 5.92 Å². The van der Waals surface area contributed by atoms with Crippen molar-refractivity contribution in [3.05, 3.63) is 11.9 Å². The number of methoxy groups -OCH3 is 1. The van der Waals surface area contributed by atoms with Crippen LogP contribution in [0.1, 0.15) is 53.7 Å². The van der Waals surface area contributed by atoms with Gasteiger partial charge in [0.25, 0.3) is 0 Å². The van der Waals surface area contributed by atoms with Gasteiger partial charge in [-0.3, -0.25) is 4.90 Å². The van der Waals surface area contributed by atoms with E-state index in [0.717, 1.165) is 18.7 Å². The monoisotopic (exact) mass is 373 g/mol. The van der Waals surface area contributed by atoms with Crippen molar-refractivity contribution in [1.82, 2.24) is 14.5 Å². The second-order valence-corrected chi connectivity index (χ2v) is 9.92. The lowest BCUT2D eigenvalue weighted by Crippen LogP contribution is -2.34. The molecule has 0 bridgehead atoms. The van der Waals surface area contributed by atoms with Gasteiger partial charge in [-0.1, -0.05) is 13.8 Å². The van der Waals surface area contributed by atoms with Crippen LogP contribution in [0.25, 0.3) is 0 Å². The van der Waals surface area contributed by atoms with Gasteiger partial charge in [0.2, 0.25) is 15.0 Å². The van der Waals surface area contributed by atoms with Crippen molar-refractivity contribution >= 4 is 9.84 Å². The van der Waals surface area contributed by atoms with Crippen LogP contribution in [-0.4, -0.2) is 54.4 Å². The maximum Gasteiger partial charge on any atom is 0.228 e. The minimum atomic E-state index is -3.40. The number of sulfone groups is 1. The van der Waals surface area contributed by atoms with E-state index in [1.54, 1.807) is 27.2 Å². The number of hydrogen-bond acceptors (Lipinski definition) is 5. The van der Waals surface area contributed by atoms with E-state index in [9.17, 15) is 8.42 Å². The lowest BCUT2D eigenvalue weighted by Gasteiger charge is -2.26. The Balaban J connectivity index is 3.19. The maximum atomic E-state index is 12.7. The summed E-state index contributed by atoms with van der Waals surface area (Å²) in [4.78, 5) is 6.57. The molecule has 0 radical (unpaired) electrons. The Morgan fingerprint density at radius 1 is 1.20 bits per heavy atom. The van der Waals surface area contributed by atoms with Gasteiger partial charge >= 0.3 is 0 Å². The first kappa shape index (κ1) is 22.1. The molecule has 1 heterocycles. The van der Waals surface area contributed by atoms with Crippen LogP contribution in [-0.2, 0) is 27.7 Å². The molecule has 0 atom stereocenters. The summed E-state index contributed by atoms with van der Waals surface area (Å²) in [6.07, 6.45) is 2.64. The average molecular weight is 374 g/mol. The summed E-state index contributed by atoms with van der Waals surface area (Å²) in [5.41, 5.74) is 0.949. The van der Waals surface area contributed by atoms with Crippen LogP contribution in [0.2, 0.25) is 0 Å². The number of rotatable bonds is 11. The van der Waals surface area contributed by atoms with E-state index in [1.807, 2.05) is 4.57 Å². The summed E-state index contributed by atoms with van der Waals surface area (Å²) in [6.45, 7) is 14.8. The van der Waals surface area contributed by atoms with E-state index in [-0.39, 0.29) is 5.16 Å². The Morgan fingerprint density at radius 2 is 1.84 bits per heavy atom. The van der Waals surface area contributed by atoms with Gasteiger partial charge in [0, 0.05) is 32.8 Å². The fourth-order valence-electron chi connectivity index (χ4n) is 2.52. The number of imidazole rings is 1. The highest BCUT2D eigenvalue weighted by molar-refractivity contribution is 7.91. The first-order valence-electron chi connectivity index (χ1n) is 9.12. The standard InChI is InChI=1S/C18H35N3O3S/c1-14(2)8-9-21-17(13-20(15(3)4)10-11-24-7)12-19-18(21)25(22,23)16(5)6/h12,14-16H,8-11,13H2,1-7H3. The van der Waals surface area contributed by atoms with Gasteiger partial charge in [-0.2, -0.15) is 0 Å². The molecular weight excluding hydrogens is 338 g/mol. The van der Waals surface area contributed by atoms with Gasteiger partial charge in [-0.05, 0) is 40.0 Å². The number of aromatic nitrogens is 2. The number of nitrogens with zero attached hydrogens (tertiary/aromatic N) is 3.